The number of amides is 2. The fourth-order valence-electron chi connectivity index (χ4n) is 3.16. The maximum Gasteiger partial charge on any atom is 0.253 e. The summed E-state index contributed by atoms with van der Waals surface area (Å²) in [5, 5.41) is 6.78. The van der Waals surface area contributed by atoms with E-state index in [1.165, 1.54) is 6.07 Å². The smallest absolute Gasteiger partial charge is 0.253 e. The van der Waals surface area contributed by atoms with Crippen LogP contribution in [0.5, 0.6) is 0 Å². The molecule has 5 nitrogen and oxygen atoms in total. The number of halogens is 3. The molecule has 3 rings (SSSR count). The molecule has 2 aromatic rings. The quantitative estimate of drug-likeness (QED) is 0.581. The van der Waals surface area contributed by atoms with Gasteiger partial charge in [0.05, 0.1) is 27.3 Å². The SMILES string of the molecule is CC1CCN(C(=O)c2cccc(NC(=O)CNc3cc(Cl)c(Cl)cc3Cl)c2)CC1. The highest BCUT2D eigenvalue weighted by Gasteiger charge is 2.21. The predicted molar refractivity (Wildman–Crippen MR) is 119 cm³/mol. The number of nitrogens with zero attached hydrogens (tertiary/aromatic N) is 1. The summed E-state index contributed by atoms with van der Waals surface area (Å²) in [5.41, 5.74) is 1.64. The number of hydrogen-bond donors (Lipinski definition) is 2. The first kappa shape index (κ1) is 21.8. The minimum Gasteiger partial charge on any atom is -0.375 e. The van der Waals surface area contributed by atoms with Gasteiger partial charge in [-0.2, -0.15) is 0 Å². The second kappa shape index (κ2) is 9.70. The molecule has 0 spiro atoms. The minimum absolute atomic E-state index is 0.00582. The third kappa shape index (κ3) is 5.78. The number of rotatable bonds is 5. The van der Waals surface area contributed by atoms with Gasteiger partial charge in [-0.3, -0.25) is 9.59 Å². The van der Waals surface area contributed by atoms with Crippen molar-refractivity contribution in [1.29, 1.82) is 0 Å². The highest BCUT2D eigenvalue weighted by atomic mass is 35.5. The van der Waals surface area contributed by atoms with E-state index in [-0.39, 0.29) is 18.4 Å². The van der Waals surface area contributed by atoms with E-state index in [1.54, 1.807) is 30.3 Å². The molecule has 0 atom stereocenters. The Bertz CT molecular complexity index is 912. The largest absolute Gasteiger partial charge is 0.375 e. The lowest BCUT2D eigenvalue weighted by Gasteiger charge is -2.30. The van der Waals surface area contributed by atoms with E-state index in [4.69, 9.17) is 34.8 Å². The fraction of sp³-hybridized carbons (Fsp3) is 0.333. The molecule has 154 valence electrons. The number of nitrogens with one attached hydrogen (secondary N) is 2. The van der Waals surface area contributed by atoms with Crippen LogP contribution in [0.25, 0.3) is 0 Å². The third-order valence-corrected chi connectivity index (χ3v) is 5.95. The zero-order chi connectivity index (χ0) is 21.0. The summed E-state index contributed by atoms with van der Waals surface area (Å²) in [5.74, 6) is 0.374. The molecule has 2 N–H and O–H groups in total. The molecular formula is C21H22Cl3N3O2. The lowest BCUT2D eigenvalue weighted by molar-refractivity contribution is -0.114. The van der Waals surface area contributed by atoms with Crippen LogP contribution in [0.4, 0.5) is 11.4 Å². The lowest BCUT2D eigenvalue weighted by atomic mass is 9.98. The van der Waals surface area contributed by atoms with Crippen LogP contribution in [-0.4, -0.2) is 36.3 Å². The standard InChI is InChI=1S/C21H22Cl3N3O2/c1-13-5-7-27(8-6-13)21(29)14-3-2-4-15(9-14)26-20(28)12-25-19-11-17(23)16(22)10-18(19)24/h2-4,9-11,13,25H,5-8,12H2,1H3,(H,26,28). The number of carbonyl (C=O) groups excluding carboxylic acids is 2. The molecule has 0 aliphatic carbocycles. The zero-order valence-corrected chi connectivity index (χ0v) is 18.2. The molecule has 0 radical (unpaired) electrons. The average molecular weight is 455 g/mol. The number of likely N-dealkylation sites (tertiary alicyclic amines) is 1. The third-order valence-electron chi connectivity index (χ3n) is 4.91. The van der Waals surface area contributed by atoms with Gasteiger partial charge in [-0.1, -0.05) is 47.8 Å². The van der Waals surface area contributed by atoms with E-state index >= 15 is 0 Å². The summed E-state index contributed by atoms with van der Waals surface area (Å²) in [6.07, 6.45) is 2.04. The molecule has 2 aromatic carbocycles. The first-order chi connectivity index (χ1) is 13.8. The molecule has 1 saturated heterocycles. The van der Waals surface area contributed by atoms with Crippen molar-refractivity contribution in [3.05, 3.63) is 57.0 Å². The van der Waals surface area contributed by atoms with Crippen molar-refractivity contribution in [2.75, 3.05) is 30.3 Å². The van der Waals surface area contributed by atoms with Crippen molar-refractivity contribution >= 4 is 58.0 Å². The van der Waals surface area contributed by atoms with Crippen LogP contribution in [0.15, 0.2) is 36.4 Å². The number of anilines is 2. The monoisotopic (exact) mass is 453 g/mol. The van der Waals surface area contributed by atoms with Crippen LogP contribution in [0.2, 0.25) is 15.1 Å². The molecule has 0 saturated carbocycles. The molecule has 0 unspecified atom stereocenters. The van der Waals surface area contributed by atoms with Gasteiger partial charge < -0.3 is 15.5 Å². The van der Waals surface area contributed by atoms with Gasteiger partial charge >= 0.3 is 0 Å². The summed E-state index contributed by atoms with van der Waals surface area (Å²) in [7, 11) is 0. The van der Waals surface area contributed by atoms with E-state index in [9.17, 15) is 9.59 Å². The van der Waals surface area contributed by atoms with Crippen molar-refractivity contribution in [2.45, 2.75) is 19.8 Å². The Morgan fingerprint density at radius 3 is 2.45 bits per heavy atom. The van der Waals surface area contributed by atoms with Gasteiger partial charge in [0.25, 0.3) is 5.91 Å². The molecular weight excluding hydrogens is 433 g/mol. The van der Waals surface area contributed by atoms with Crippen LogP contribution in [0, 0.1) is 5.92 Å². The maximum absolute atomic E-state index is 12.7. The molecule has 1 fully saturated rings. The van der Waals surface area contributed by atoms with Gasteiger partial charge in [0.2, 0.25) is 5.91 Å². The Kier molecular flexibility index (Phi) is 7.28. The van der Waals surface area contributed by atoms with Crippen LogP contribution < -0.4 is 10.6 Å². The van der Waals surface area contributed by atoms with Crippen molar-refractivity contribution in [1.82, 2.24) is 4.90 Å². The zero-order valence-electron chi connectivity index (χ0n) is 16.0. The van der Waals surface area contributed by atoms with Gasteiger partial charge in [-0.15, -0.1) is 0 Å². The van der Waals surface area contributed by atoms with Crippen molar-refractivity contribution in [3.8, 4) is 0 Å². The van der Waals surface area contributed by atoms with Gasteiger partial charge in [0, 0.05) is 24.3 Å². The lowest BCUT2D eigenvalue weighted by Crippen LogP contribution is -2.37. The highest BCUT2D eigenvalue weighted by Crippen LogP contribution is 2.32. The Morgan fingerprint density at radius 2 is 1.72 bits per heavy atom. The molecule has 1 aliphatic heterocycles. The highest BCUT2D eigenvalue weighted by molar-refractivity contribution is 6.44. The average Bonchev–Trinajstić information content (AvgIpc) is 2.70. The van der Waals surface area contributed by atoms with Gasteiger partial charge in [-0.05, 0) is 49.1 Å². The topological polar surface area (TPSA) is 61.4 Å². The predicted octanol–water partition coefficient (Wildman–Crippen LogP) is 5.57. The Hall–Kier alpha value is -1.95. The molecule has 8 heteroatoms. The Morgan fingerprint density at radius 1 is 1.03 bits per heavy atom. The van der Waals surface area contributed by atoms with Crippen LogP contribution >= 0.6 is 34.8 Å². The summed E-state index contributed by atoms with van der Waals surface area (Å²) >= 11 is 18.0. The van der Waals surface area contributed by atoms with Gasteiger partial charge in [0.1, 0.15) is 0 Å². The number of piperidine rings is 1. The maximum atomic E-state index is 12.7. The van der Waals surface area contributed by atoms with Gasteiger partial charge in [-0.25, -0.2) is 0 Å². The Balaban J connectivity index is 1.59. The van der Waals surface area contributed by atoms with E-state index in [1.807, 2.05) is 4.90 Å². The second-order valence-electron chi connectivity index (χ2n) is 7.20. The van der Waals surface area contributed by atoms with Crippen molar-refractivity contribution < 1.29 is 9.59 Å². The molecule has 2 amide bonds. The Labute approximate surface area is 185 Å². The summed E-state index contributed by atoms with van der Waals surface area (Å²) < 4.78 is 0. The number of hydrogen-bond acceptors (Lipinski definition) is 3. The second-order valence-corrected chi connectivity index (χ2v) is 8.43. The molecule has 0 bridgehead atoms. The fourth-order valence-corrected chi connectivity index (χ4v) is 3.78. The number of carbonyl (C=O) groups is 2. The van der Waals surface area contributed by atoms with E-state index < -0.39 is 0 Å². The first-order valence-corrected chi connectivity index (χ1v) is 10.5. The van der Waals surface area contributed by atoms with Gasteiger partial charge in [0.15, 0.2) is 0 Å². The van der Waals surface area contributed by atoms with E-state index in [0.29, 0.717) is 37.9 Å². The van der Waals surface area contributed by atoms with Crippen LogP contribution in [0.3, 0.4) is 0 Å². The normalized spacial score (nSPS) is 14.6. The van der Waals surface area contributed by atoms with E-state index in [0.717, 1.165) is 25.9 Å². The van der Waals surface area contributed by atoms with E-state index in [2.05, 4.69) is 17.6 Å². The van der Waals surface area contributed by atoms with Crippen molar-refractivity contribution in [3.63, 3.8) is 0 Å². The summed E-state index contributed by atoms with van der Waals surface area (Å²) in [6.45, 7) is 3.73. The van der Waals surface area contributed by atoms with Crippen LogP contribution in [-0.2, 0) is 4.79 Å². The van der Waals surface area contributed by atoms with Crippen LogP contribution in [0.1, 0.15) is 30.1 Å². The van der Waals surface area contributed by atoms with Crippen molar-refractivity contribution in [2.24, 2.45) is 5.92 Å². The first-order valence-electron chi connectivity index (χ1n) is 9.41. The molecule has 1 aliphatic rings. The molecule has 1 heterocycles. The summed E-state index contributed by atoms with van der Waals surface area (Å²) in [4.78, 5) is 26.9. The molecule has 0 aromatic heterocycles. The molecule has 29 heavy (non-hydrogen) atoms. The summed E-state index contributed by atoms with van der Waals surface area (Å²) in [6, 6.07) is 10.1. The number of benzene rings is 2. The minimum atomic E-state index is -0.275.